The Morgan fingerprint density at radius 1 is 0.569 bits per heavy atom. The van der Waals surface area contributed by atoms with Crippen molar-refractivity contribution in [3.8, 4) is 0 Å². The van der Waals surface area contributed by atoms with E-state index in [1.54, 1.807) is 0 Å². The number of carbonyl (C=O) groups excluding carboxylic acids is 1. The molecule has 0 aliphatic rings. The van der Waals surface area contributed by atoms with Crippen molar-refractivity contribution >= 4 is 19.8 Å². The van der Waals surface area contributed by atoms with Gasteiger partial charge in [-0.15, -0.1) is 0 Å². The first kappa shape index (κ1) is 55.2. The molecule has 0 fully saturated rings. The Balaban J connectivity index is 4.31. The first-order valence-electron chi connectivity index (χ1n) is 22.1. The molecule has 0 aromatic rings. The van der Waals surface area contributed by atoms with Crippen molar-refractivity contribution < 1.29 is 42.7 Å². The normalized spacial score (nSPS) is 14.7. The molecule has 0 aromatic carbocycles. The van der Waals surface area contributed by atoms with Crippen LogP contribution in [0, 0.1) is 0 Å². The highest BCUT2D eigenvalue weighted by Crippen LogP contribution is 2.43. The van der Waals surface area contributed by atoms with Gasteiger partial charge in [-0.2, -0.15) is 0 Å². The zero-order valence-corrected chi connectivity index (χ0v) is 37.0. The second-order valence-corrected chi connectivity index (χ2v) is 15.9. The number of aliphatic carboxylic acids is 1. The topological polar surface area (TPSA) is 155 Å². The average molecular weight is 834 g/mol. The molecule has 0 aliphatic carbocycles. The molecule has 3 atom stereocenters. The quantitative estimate of drug-likeness (QED) is 0.0235. The SMILES string of the molecule is CC/C=C\C/C=C\C/C=C\C/C=C\C/C=C\CCCCCCCC(=O)OC(COCCCCCCCC/C=C\C/C=C\CCCC)COP(=O)(O)OCC(N)C(=O)O. The molecule has 0 bridgehead atoms. The van der Waals surface area contributed by atoms with Crippen molar-refractivity contribution in [1.29, 1.82) is 0 Å². The number of unbranched alkanes of at least 4 members (excludes halogenated alkanes) is 13. The van der Waals surface area contributed by atoms with Crippen LogP contribution in [0.5, 0.6) is 0 Å². The largest absolute Gasteiger partial charge is 0.480 e. The maximum absolute atomic E-state index is 12.6. The van der Waals surface area contributed by atoms with E-state index in [9.17, 15) is 19.0 Å². The van der Waals surface area contributed by atoms with E-state index < -0.39 is 45.1 Å². The van der Waals surface area contributed by atoms with Crippen LogP contribution >= 0.6 is 7.82 Å². The number of carboxylic acid groups (broad SMARTS) is 1. The van der Waals surface area contributed by atoms with Crippen molar-refractivity contribution in [2.75, 3.05) is 26.4 Å². The van der Waals surface area contributed by atoms with E-state index >= 15 is 0 Å². The van der Waals surface area contributed by atoms with Crippen LogP contribution in [0.15, 0.2) is 85.1 Å². The molecule has 0 saturated heterocycles. The summed E-state index contributed by atoms with van der Waals surface area (Å²) in [5, 5.41) is 8.90. The first-order valence-corrected chi connectivity index (χ1v) is 23.6. The van der Waals surface area contributed by atoms with Crippen molar-refractivity contribution in [3.63, 3.8) is 0 Å². The van der Waals surface area contributed by atoms with Crippen LogP contribution in [0.3, 0.4) is 0 Å². The lowest BCUT2D eigenvalue weighted by molar-refractivity contribution is -0.154. The number of hydrogen-bond acceptors (Lipinski definition) is 8. The summed E-state index contributed by atoms with van der Waals surface area (Å²) in [7, 11) is -4.63. The van der Waals surface area contributed by atoms with Crippen LogP contribution in [-0.4, -0.2) is 60.5 Å². The van der Waals surface area contributed by atoms with E-state index in [1.807, 2.05) is 0 Å². The van der Waals surface area contributed by atoms with Gasteiger partial charge in [-0.3, -0.25) is 18.6 Å². The highest BCUT2D eigenvalue weighted by Gasteiger charge is 2.27. The van der Waals surface area contributed by atoms with Gasteiger partial charge in [-0.25, -0.2) is 4.57 Å². The number of esters is 1. The van der Waals surface area contributed by atoms with Gasteiger partial charge in [0.25, 0.3) is 0 Å². The number of ether oxygens (including phenoxy) is 2. The molecule has 0 aromatic heterocycles. The van der Waals surface area contributed by atoms with Crippen molar-refractivity contribution in [3.05, 3.63) is 85.1 Å². The van der Waals surface area contributed by atoms with Gasteiger partial charge in [0.1, 0.15) is 12.1 Å². The van der Waals surface area contributed by atoms with Gasteiger partial charge < -0.3 is 25.2 Å². The van der Waals surface area contributed by atoms with Gasteiger partial charge in [0.15, 0.2) is 0 Å². The summed E-state index contributed by atoms with van der Waals surface area (Å²) in [6, 6.07) is -1.48. The standard InChI is InChI=1S/C47H80NO9P/c1-3-5-7-9-11-13-15-17-19-20-21-22-23-24-25-27-29-31-33-35-37-39-46(49)57-44(42-55-58(52,53)56-43-45(48)47(50)51)41-54-40-38-36-34-32-30-28-26-18-16-14-12-10-8-6-4-2/h5,7,10-13,16-19,21-22,24-25,44-45H,3-4,6,8-9,14-15,20,23,26-43,48H2,1-2H3,(H,50,51)(H,52,53)/b7-5-,12-10-,13-11-,18-16-,19-17-,22-21-,25-24-. The monoisotopic (exact) mass is 834 g/mol. The fraction of sp³-hybridized carbons (Fsp3) is 0.660. The van der Waals surface area contributed by atoms with Crippen LogP contribution in [0.1, 0.15) is 162 Å². The summed E-state index contributed by atoms with van der Waals surface area (Å²) in [6.45, 7) is 3.66. The smallest absolute Gasteiger partial charge is 0.472 e. The average Bonchev–Trinajstić information content (AvgIpc) is 3.20. The summed E-state index contributed by atoms with van der Waals surface area (Å²) < 4.78 is 33.3. The summed E-state index contributed by atoms with van der Waals surface area (Å²) in [5.41, 5.74) is 5.35. The third-order valence-electron chi connectivity index (χ3n) is 8.91. The lowest BCUT2D eigenvalue weighted by Crippen LogP contribution is -2.34. The lowest BCUT2D eigenvalue weighted by atomic mass is 10.1. The van der Waals surface area contributed by atoms with Crippen LogP contribution in [-0.2, 0) is 32.7 Å². The van der Waals surface area contributed by atoms with E-state index in [0.717, 1.165) is 96.3 Å². The van der Waals surface area contributed by atoms with Gasteiger partial charge in [-0.1, -0.05) is 157 Å². The van der Waals surface area contributed by atoms with E-state index in [1.165, 1.54) is 38.5 Å². The first-order chi connectivity index (χ1) is 28.2. The Morgan fingerprint density at radius 3 is 1.50 bits per heavy atom. The molecule has 0 saturated carbocycles. The number of allylic oxidation sites excluding steroid dienone is 14. The summed E-state index contributed by atoms with van der Waals surface area (Å²) in [6.07, 6.45) is 53.4. The number of phosphoric acid groups is 1. The molecule has 10 nitrogen and oxygen atoms in total. The molecule has 0 aliphatic heterocycles. The number of hydrogen-bond donors (Lipinski definition) is 3. The molecular formula is C47H80NO9P. The molecule has 3 unspecified atom stereocenters. The van der Waals surface area contributed by atoms with Crippen LogP contribution in [0.2, 0.25) is 0 Å². The minimum Gasteiger partial charge on any atom is -0.480 e. The molecule has 4 N–H and O–H groups in total. The minimum absolute atomic E-state index is 0.00366. The van der Waals surface area contributed by atoms with E-state index in [4.69, 9.17) is 29.4 Å². The van der Waals surface area contributed by atoms with Gasteiger partial charge in [-0.05, 0) is 83.5 Å². The molecule has 11 heteroatoms. The van der Waals surface area contributed by atoms with Crippen molar-refractivity contribution in [2.24, 2.45) is 5.73 Å². The Labute approximate surface area is 352 Å². The second kappa shape index (κ2) is 42.3. The summed E-state index contributed by atoms with van der Waals surface area (Å²) in [4.78, 5) is 33.6. The molecule has 0 amide bonds. The molecule has 332 valence electrons. The van der Waals surface area contributed by atoms with E-state index in [2.05, 4.69) is 98.9 Å². The zero-order chi connectivity index (χ0) is 42.6. The number of nitrogens with two attached hydrogens (primary N) is 1. The van der Waals surface area contributed by atoms with E-state index in [0.29, 0.717) is 13.0 Å². The summed E-state index contributed by atoms with van der Waals surface area (Å²) in [5.74, 6) is -1.81. The maximum atomic E-state index is 12.6. The molecule has 0 rings (SSSR count). The number of carbonyl (C=O) groups is 2. The van der Waals surface area contributed by atoms with Gasteiger partial charge >= 0.3 is 19.8 Å². The van der Waals surface area contributed by atoms with Crippen LogP contribution < -0.4 is 5.73 Å². The minimum atomic E-state index is -4.63. The third kappa shape index (κ3) is 41.3. The van der Waals surface area contributed by atoms with Crippen LogP contribution in [0.25, 0.3) is 0 Å². The highest BCUT2D eigenvalue weighted by molar-refractivity contribution is 7.47. The molecular weight excluding hydrogens is 753 g/mol. The Morgan fingerprint density at radius 2 is 1.00 bits per heavy atom. The van der Waals surface area contributed by atoms with Crippen molar-refractivity contribution in [1.82, 2.24) is 0 Å². The predicted molar refractivity (Wildman–Crippen MR) is 240 cm³/mol. The van der Waals surface area contributed by atoms with Crippen LogP contribution in [0.4, 0.5) is 0 Å². The Hall–Kier alpha value is -2.85. The van der Waals surface area contributed by atoms with E-state index in [-0.39, 0.29) is 13.0 Å². The second-order valence-electron chi connectivity index (χ2n) is 14.4. The Bertz CT molecular complexity index is 1240. The fourth-order valence-electron chi connectivity index (χ4n) is 5.47. The number of phosphoric ester groups is 1. The highest BCUT2D eigenvalue weighted by atomic mass is 31.2. The predicted octanol–water partition coefficient (Wildman–Crippen LogP) is 12.4. The Kier molecular flexibility index (Phi) is 40.2. The van der Waals surface area contributed by atoms with Crippen molar-refractivity contribution in [2.45, 2.75) is 174 Å². The van der Waals surface area contributed by atoms with Gasteiger partial charge in [0.05, 0.1) is 19.8 Å². The van der Waals surface area contributed by atoms with Gasteiger partial charge in [0, 0.05) is 13.0 Å². The number of carboxylic acids is 1. The fourth-order valence-corrected chi connectivity index (χ4v) is 6.25. The lowest BCUT2D eigenvalue weighted by Gasteiger charge is -2.20. The molecule has 58 heavy (non-hydrogen) atoms. The molecule has 0 radical (unpaired) electrons. The summed E-state index contributed by atoms with van der Waals surface area (Å²) >= 11 is 0. The molecule has 0 heterocycles. The third-order valence-corrected chi connectivity index (χ3v) is 9.86. The zero-order valence-electron chi connectivity index (χ0n) is 36.1. The number of rotatable bonds is 41. The molecule has 0 spiro atoms. The van der Waals surface area contributed by atoms with Gasteiger partial charge in [0.2, 0.25) is 0 Å². The maximum Gasteiger partial charge on any atom is 0.472 e.